The quantitative estimate of drug-likeness (QED) is 0.753. The number of ether oxygens (including phenoxy) is 1. The number of halogens is 2. The second-order valence-corrected chi connectivity index (χ2v) is 6.49. The van der Waals surface area contributed by atoms with Gasteiger partial charge in [-0.1, -0.05) is 29.3 Å². The summed E-state index contributed by atoms with van der Waals surface area (Å²) in [5, 5.41) is 4.09. The number of rotatable bonds is 4. The lowest BCUT2D eigenvalue weighted by atomic mass is 10.00. The molecular weight excluding hydrogens is 350 g/mol. The molecule has 0 fully saturated rings. The van der Waals surface area contributed by atoms with Gasteiger partial charge in [0.1, 0.15) is 0 Å². The van der Waals surface area contributed by atoms with Gasteiger partial charge in [0.2, 0.25) is 0 Å². The van der Waals surface area contributed by atoms with Crippen LogP contribution in [-0.2, 0) is 6.54 Å². The lowest BCUT2D eigenvalue weighted by Gasteiger charge is -2.16. The number of methoxy groups -OCH3 is 1. The van der Waals surface area contributed by atoms with Crippen molar-refractivity contribution in [3.8, 4) is 5.75 Å². The fraction of sp³-hybridized carbons (Fsp3) is 0.294. The lowest BCUT2D eigenvalue weighted by molar-refractivity contribution is 0.414. The van der Waals surface area contributed by atoms with Gasteiger partial charge in [0.15, 0.2) is 5.75 Å². The topological polar surface area (TPSA) is 21.3 Å². The lowest BCUT2D eigenvalue weighted by Crippen LogP contribution is -2.05. The summed E-state index contributed by atoms with van der Waals surface area (Å²) in [7, 11) is 1.65. The number of nitrogens with one attached hydrogen (secondary N) is 1. The third-order valence-electron chi connectivity index (χ3n) is 3.51. The highest BCUT2D eigenvalue weighted by Gasteiger charge is 2.10. The van der Waals surface area contributed by atoms with Crippen LogP contribution in [0.25, 0.3) is 0 Å². The zero-order valence-corrected chi connectivity index (χ0v) is 15.0. The fourth-order valence-electron chi connectivity index (χ4n) is 2.57. The molecule has 0 aliphatic rings. The van der Waals surface area contributed by atoms with E-state index in [4.69, 9.17) is 16.3 Å². The van der Waals surface area contributed by atoms with E-state index in [1.165, 1.54) is 22.3 Å². The van der Waals surface area contributed by atoms with Crippen LogP contribution in [0.5, 0.6) is 5.75 Å². The summed E-state index contributed by atoms with van der Waals surface area (Å²) in [5.41, 5.74) is 6.06. The molecule has 0 saturated carbocycles. The van der Waals surface area contributed by atoms with Gasteiger partial charge >= 0.3 is 0 Å². The summed E-state index contributed by atoms with van der Waals surface area (Å²) in [5.74, 6) is 0.766. The zero-order chi connectivity index (χ0) is 15.6. The van der Waals surface area contributed by atoms with Crippen molar-refractivity contribution in [1.29, 1.82) is 0 Å². The van der Waals surface area contributed by atoms with Crippen LogP contribution in [0.2, 0.25) is 5.02 Å². The van der Waals surface area contributed by atoms with E-state index in [1.54, 1.807) is 7.11 Å². The van der Waals surface area contributed by atoms with E-state index < -0.39 is 0 Å². The summed E-state index contributed by atoms with van der Waals surface area (Å²) < 4.78 is 6.28. The van der Waals surface area contributed by atoms with Gasteiger partial charge in [-0.25, -0.2) is 0 Å². The SMILES string of the molecule is COc1c(Br)cc(Cl)cc1NCc1c(C)cc(C)cc1C. The van der Waals surface area contributed by atoms with Crippen LogP contribution in [0.3, 0.4) is 0 Å². The summed E-state index contributed by atoms with van der Waals surface area (Å²) in [6.07, 6.45) is 0. The van der Waals surface area contributed by atoms with Crippen LogP contribution in [0.4, 0.5) is 5.69 Å². The molecule has 2 aromatic rings. The summed E-state index contributed by atoms with van der Waals surface area (Å²) >= 11 is 9.59. The Bertz CT molecular complexity index is 647. The molecule has 2 rings (SSSR count). The minimum atomic E-state index is 0.669. The van der Waals surface area contributed by atoms with Crippen LogP contribution >= 0.6 is 27.5 Å². The Morgan fingerprint density at radius 1 is 1.10 bits per heavy atom. The predicted octanol–water partition coefficient (Wildman–Crippen LogP) is 5.65. The number of benzene rings is 2. The third-order valence-corrected chi connectivity index (χ3v) is 4.32. The van der Waals surface area contributed by atoms with Crippen LogP contribution in [0.1, 0.15) is 22.3 Å². The molecule has 0 atom stereocenters. The Hall–Kier alpha value is -1.19. The van der Waals surface area contributed by atoms with Crippen molar-refractivity contribution >= 4 is 33.2 Å². The van der Waals surface area contributed by atoms with Crippen LogP contribution in [0.15, 0.2) is 28.7 Å². The first kappa shape index (κ1) is 16.2. The first-order chi connectivity index (χ1) is 9.92. The number of aryl methyl sites for hydroxylation is 3. The normalized spacial score (nSPS) is 10.6. The third kappa shape index (κ3) is 3.72. The number of hydrogen-bond donors (Lipinski definition) is 1. The van der Waals surface area contributed by atoms with Gasteiger partial charge in [-0.2, -0.15) is 0 Å². The molecule has 0 aliphatic heterocycles. The van der Waals surface area contributed by atoms with E-state index in [0.29, 0.717) is 5.02 Å². The van der Waals surface area contributed by atoms with Gasteiger partial charge < -0.3 is 10.1 Å². The first-order valence-corrected chi connectivity index (χ1v) is 7.93. The van der Waals surface area contributed by atoms with Gasteiger partial charge in [-0.15, -0.1) is 0 Å². The maximum absolute atomic E-state index is 6.12. The van der Waals surface area contributed by atoms with E-state index in [1.807, 2.05) is 12.1 Å². The largest absolute Gasteiger partial charge is 0.493 e. The monoisotopic (exact) mass is 367 g/mol. The maximum Gasteiger partial charge on any atom is 0.156 e. The van der Waals surface area contributed by atoms with Gasteiger partial charge in [0.25, 0.3) is 0 Å². The molecule has 0 amide bonds. The molecule has 4 heteroatoms. The summed E-state index contributed by atoms with van der Waals surface area (Å²) in [6, 6.07) is 8.11. The Labute approximate surface area is 139 Å². The van der Waals surface area contributed by atoms with Crippen molar-refractivity contribution < 1.29 is 4.74 Å². The van der Waals surface area contributed by atoms with E-state index in [9.17, 15) is 0 Å². The standard InChI is InChI=1S/C17H19BrClNO/c1-10-5-11(2)14(12(3)6-10)9-20-16-8-13(19)7-15(18)17(16)21-4/h5-8,20H,9H2,1-4H3. The van der Waals surface area contributed by atoms with Gasteiger partial charge in [0.05, 0.1) is 17.3 Å². The molecule has 1 N–H and O–H groups in total. The molecule has 0 unspecified atom stereocenters. The Kier molecular flexibility index (Phi) is 5.17. The minimum absolute atomic E-state index is 0.669. The Balaban J connectivity index is 2.29. The molecule has 21 heavy (non-hydrogen) atoms. The Morgan fingerprint density at radius 3 is 2.29 bits per heavy atom. The van der Waals surface area contributed by atoms with Crippen LogP contribution < -0.4 is 10.1 Å². The molecule has 0 saturated heterocycles. The molecule has 0 radical (unpaired) electrons. The molecule has 0 bridgehead atoms. The predicted molar refractivity (Wildman–Crippen MR) is 93.7 cm³/mol. The average molecular weight is 369 g/mol. The van der Waals surface area contributed by atoms with E-state index in [-0.39, 0.29) is 0 Å². The highest BCUT2D eigenvalue weighted by Crippen LogP contribution is 2.36. The smallest absolute Gasteiger partial charge is 0.156 e. The van der Waals surface area contributed by atoms with Crippen molar-refractivity contribution in [3.63, 3.8) is 0 Å². The van der Waals surface area contributed by atoms with Gasteiger partial charge in [0, 0.05) is 11.6 Å². The summed E-state index contributed by atoms with van der Waals surface area (Å²) in [4.78, 5) is 0. The highest BCUT2D eigenvalue weighted by molar-refractivity contribution is 9.10. The molecule has 112 valence electrons. The molecule has 2 nitrogen and oxygen atoms in total. The van der Waals surface area contributed by atoms with Crippen molar-refractivity contribution in [2.75, 3.05) is 12.4 Å². The Morgan fingerprint density at radius 2 is 1.71 bits per heavy atom. The molecule has 2 aromatic carbocycles. The zero-order valence-electron chi connectivity index (χ0n) is 12.7. The average Bonchev–Trinajstić information content (AvgIpc) is 2.36. The van der Waals surface area contributed by atoms with E-state index in [0.717, 1.165) is 22.5 Å². The van der Waals surface area contributed by atoms with E-state index >= 15 is 0 Å². The second kappa shape index (κ2) is 6.71. The van der Waals surface area contributed by atoms with Crippen molar-refractivity contribution in [3.05, 3.63) is 56.0 Å². The molecule has 0 aliphatic carbocycles. The van der Waals surface area contributed by atoms with Crippen molar-refractivity contribution in [2.24, 2.45) is 0 Å². The molecule has 0 heterocycles. The molecular formula is C17H19BrClNO. The van der Waals surface area contributed by atoms with Gasteiger partial charge in [-0.3, -0.25) is 0 Å². The number of anilines is 1. The summed E-state index contributed by atoms with van der Waals surface area (Å²) in [6.45, 7) is 7.14. The molecule has 0 spiro atoms. The maximum atomic E-state index is 6.12. The highest BCUT2D eigenvalue weighted by atomic mass is 79.9. The second-order valence-electron chi connectivity index (χ2n) is 5.20. The van der Waals surface area contributed by atoms with Crippen molar-refractivity contribution in [2.45, 2.75) is 27.3 Å². The first-order valence-electron chi connectivity index (χ1n) is 6.76. The van der Waals surface area contributed by atoms with Crippen LogP contribution in [-0.4, -0.2) is 7.11 Å². The fourth-order valence-corrected chi connectivity index (χ4v) is 3.54. The van der Waals surface area contributed by atoms with Gasteiger partial charge in [-0.05, 0) is 65.5 Å². The minimum Gasteiger partial charge on any atom is -0.493 e. The molecule has 0 aromatic heterocycles. The number of hydrogen-bond acceptors (Lipinski definition) is 2. The van der Waals surface area contributed by atoms with E-state index in [2.05, 4.69) is 54.2 Å². The van der Waals surface area contributed by atoms with Crippen LogP contribution in [0, 0.1) is 20.8 Å². The van der Waals surface area contributed by atoms with Crippen molar-refractivity contribution in [1.82, 2.24) is 0 Å².